The zero-order valence-corrected chi connectivity index (χ0v) is 15.8. The molecule has 3 rings (SSSR count). The van der Waals surface area contributed by atoms with E-state index in [1.165, 1.54) is 11.3 Å². The summed E-state index contributed by atoms with van der Waals surface area (Å²) in [5, 5.41) is 7.29. The van der Waals surface area contributed by atoms with Gasteiger partial charge in [0.2, 0.25) is 0 Å². The molecule has 0 atom stereocenters. The molecule has 1 aliphatic rings. The molecule has 5 heteroatoms. The minimum atomic E-state index is 0.620. The van der Waals surface area contributed by atoms with Gasteiger partial charge in [-0.3, -0.25) is 0 Å². The highest BCUT2D eigenvalue weighted by atomic mass is 32.1. The molecular weight excluding hydrogens is 328 g/mol. The Balaban J connectivity index is 1.69. The summed E-state index contributed by atoms with van der Waals surface area (Å²) in [6.07, 6.45) is 1.02. The molecule has 0 spiro atoms. The monoisotopic (exact) mass is 354 g/mol. The van der Waals surface area contributed by atoms with Crippen molar-refractivity contribution in [1.82, 2.24) is 4.90 Å². The maximum absolute atomic E-state index is 5.53. The number of nitrogens with zero attached hydrogens (tertiary/aromatic N) is 2. The first kappa shape index (κ1) is 17.7. The maximum atomic E-state index is 5.53. The van der Waals surface area contributed by atoms with Gasteiger partial charge in [-0.25, -0.2) is 0 Å². The van der Waals surface area contributed by atoms with Crippen LogP contribution in [0.5, 0.6) is 0 Å². The topological polar surface area (TPSA) is 30.5 Å². The number of aryl methyl sites for hydroxylation is 1. The Bertz CT molecular complexity index is 723. The normalized spacial score (nSPS) is 15.0. The van der Waals surface area contributed by atoms with Gasteiger partial charge in [0, 0.05) is 31.9 Å². The smallest absolute Gasteiger partial charge is 0.175 e. The molecule has 1 saturated heterocycles. The van der Waals surface area contributed by atoms with Crippen LogP contribution in [0.3, 0.4) is 0 Å². The van der Waals surface area contributed by atoms with Gasteiger partial charge in [-0.15, -0.1) is 0 Å². The van der Waals surface area contributed by atoms with Gasteiger partial charge in [0.15, 0.2) is 5.11 Å². The Hall–Kier alpha value is -2.11. The number of likely N-dealkylation sites (N-methyl/N-ethyl adjacent to an activating group) is 1. The fraction of sp³-hybridized carbons (Fsp3) is 0.350. The number of thiocarbonyl (C=S) groups is 1. The lowest BCUT2D eigenvalue weighted by molar-refractivity contribution is 0.313. The minimum absolute atomic E-state index is 0.620. The zero-order valence-electron chi connectivity index (χ0n) is 15.0. The van der Waals surface area contributed by atoms with Crippen LogP contribution in [0, 0.1) is 0 Å². The highest BCUT2D eigenvalue weighted by Gasteiger charge is 2.17. The van der Waals surface area contributed by atoms with Crippen molar-refractivity contribution < 1.29 is 0 Å². The maximum Gasteiger partial charge on any atom is 0.175 e. The van der Waals surface area contributed by atoms with Crippen LogP contribution in [0.25, 0.3) is 0 Å². The number of benzene rings is 2. The minimum Gasteiger partial charge on any atom is -0.367 e. The lowest BCUT2D eigenvalue weighted by Crippen LogP contribution is -2.44. The van der Waals surface area contributed by atoms with Crippen LogP contribution in [-0.4, -0.2) is 43.2 Å². The average molecular weight is 355 g/mol. The van der Waals surface area contributed by atoms with Crippen molar-refractivity contribution in [3.63, 3.8) is 0 Å². The van der Waals surface area contributed by atoms with E-state index < -0.39 is 0 Å². The van der Waals surface area contributed by atoms with Crippen molar-refractivity contribution in [3.05, 3.63) is 54.1 Å². The number of piperazine rings is 1. The SMILES string of the molecule is CCc1cccc(NC(=S)Nc2ccccc2N2CCN(C)CC2)c1. The Morgan fingerprint density at radius 2 is 1.76 bits per heavy atom. The second-order valence-electron chi connectivity index (χ2n) is 6.44. The van der Waals surface area contributed by atoms with Crippen LogP contribution in [-0.2, 0) is 6.42 Å². The summed E-state index contributed by atoms with van der Waals surface area (Å²) in [6.45, 7) is 6.39. The first-order chi connectivity index (χ1) is 12.2. The molecule has 0 bridgehead atoms. The average Bonchev–Trinajstić information content (AvgIpc) is 2.63. The molecular formula is C20H26N4S. The van der Waals surface area contributed by atoms with Gasteiger partial charge in [0.25, 0.3) is 0 Å². The molecule has 2 aromatic rings. The summed E-state index contributed by atoms with van der Waals surface area (Å²) in [4.78, 5) is 4.78. The molecule has 2 N–H and O–H groups in total. The second-order valence-corrected chi connectivity index (χ2v) is 6.85. The molecule has 4 nitrogen and oxygen atoms in total. The van der Waals surface area contributed by atoms with Crippen molar-refractivity contribution >= 4 is 34.4 Å². The lowest BCUT2D eigenvalue weighted by atomic mass is 10.1. The molecule has 0 saturated carbocycles. The molecule has 0 aromatic heterocycles. The van der Waals surface area contributed by atoms with E-state index in [1.807, 2.05) is 12.1 Å². The van der Waals surface area contributed by atoms with E-state index in [2.05, 4.69) is 70.8 Å². The van der Waals surface area contributed by atoms with Gasteiger partial charge < -0.3 is 20.4 Å². The third-order valence-corrected chi connectivity index (χ3v) is 4.79. The fourth-order valence-corrected chi connectivity index (χ4v) is 3.28. The van der Waals surface area contributed by atoms with E-state index >= 15 is 0 Å². The first-order valence-electron chi connectivity index (χ1n) is 8.85. The highest BCUT2D eigenvalue weighted by Crippen LogP contribution is 2.26. The van der Waals surface area contributed by atoms with E-state index in [-0.39, 0.29) is 0 Å². The molecule has 0 amide bonds. The number of rotatable bonds is 4. The molecule has 0 aliphatic carbocycles. The molecule has 0 radical (unpaired) electrons. The van der Waals surface area contributed by atoms with Crippen LogP contribution in [0.1, 0.15) is 12.5 Å². The largest absolute Gasteiger partial charge is 0.367 e. The summed E-state index contributed by atoms with van der Waals surface area (Å²) in [6, 6.07) is 16.7. The summed E-state index contributed by atoms with van der Waals surface area (Å²) in [5.74, 6) is 0. The molecule has 1 fully saturated rings. The van der Waals surface area contributed by atoms with E-state index in [9.17, 15) is 0 Å². The van der Waals surface area contributed by atoms with Gasteiger partial charge in [-0.1, -0.05) is 31.2 Å². The number of para-hydroxylation sites is 2. The summed E-state index contributed by atoms with van der Waals surface area (Å²) in [7, 11) is 2.17. The number of hydrogen-bond acceptors (Lipinski definition) is 3. The van der Waals surface area contributed by atoms with Crippen LogP contribution >= 0.6 is 12.2 Å². The molecule has 1 aliphatic heterocycles. The Labute approximate surface area is 155 Å². The van der Waals surface area contributed by atoms with Crippen molar-refractivity contribution in [2.24, 2.45) is 0 Å². The molecule has 25 heavy (non-hydrogen) atoms. The first-order valence-corrected chi connectivity index (χ1v) is 9.26. The number of anilines is 3. The predicted molar refractivity (Wildman–Crippen MR) is 112 cm³/mol. The third kappa shape index (κ3) is 4.71. The Kier molecular flexibility index (Phi) is 5.89. The van der Waals surface area contributed by atoms with Crippen LogP contribution in [0.4, 0.5) is 17.1 Å². The van der Waals surface area contributed by atoms with Crippen LogP contribution < -0.4 is 15.5 Å². The fourth-order valence-electron chi connectivity index (χ4n) is 3.06. The Morgan fingerprint density at radius 3 is 2.52 bits per heavy atom. The van der Waals surface area contributed by atoms with Gasteiger partial charge >= 0.3 is 0 Å². The van der Waals surface area contributed by atoms with Gasteiger partial charge in [-0.2, -0.15) is 0 Å². The predicted octanol–water partition coefficient (Wildman–Crippen LogP) is 3.81. The van der Waals surface area contributed by atoms with Gasteiger partial charge in [-0.05, 0) is 55.5 Å². The number of nitrogens with one attached hydrogen (secondary N) is 2. The summed E-state index contributed by atoms with van der Waals surface area (Å²) < 4.78 is 0. The second kappa shape index (κ2) is 8.32. The van der Waals surface area contributed by atoms with E-state index in [0.29, 0.717) is 5.11 Å². The Morgan fingerprint density at radius 1 is 1.00 bits per heavy atom. The van der Waals surface area contributed by atoms with Gasteiger partial charge in [0.05, 0.1) is 11.4 Å². The van der Waals surface area contributed by atoms with E-state index in [0.717, 1.165) is 44.0 Å². The standard InChI is InChI=1S/C20H26N4S/c1-3-16-7-6-8-17(15-16)21-20(25)22-18-9-4-5-10-19(18)24-13-11-23(2)12-14-24/h4-10,15H,3,11-14H2,1-2H3,(H2,21,22,25). The van der Waals surface area contributed by atoms with Crippen LogP contribution in [0.15, 0.2) is 48.5 Å². The van der Waals surface area contributed by atoms with Crippen molar-refractivity contribution in [1.29, 1.82) is 0 Å². The molecule has 132 valence electrons. The number of hydrogen-bond donors (Lipinski definition) is 2. The molecule has 0 unspecified atom stereocenters. The summed E-state index contributed by atoms with van der Waals surface area (Å²) in [5.41, 5.74) is 4.58. The van der Waals surface area contributed by atoms with Crippen molar-refractivity contribution in [2.75, 3.05) is 48.8 Å². The van der Waals surface area contributed by atoms with Crippen LogP contribution in [0.2, 0.25) is 0 Å². The quantitative estimate of drug-likeness (QED) is 0.816. The van der Waals surface area contributed by atoms with E-state index in [4.69, 9.17) is 12.2 Å². The van der Waals surface area contributed by atoms with Gasteiger partial charge in [0.1, 0.15) is 0 Å². The zero-order chi connectivity index (χ0) is 17.6. The van der Waals surface area contributed by atoms with Crippen molar-refractivity contribution in [2.45, 2.75) is 13.3 Å². The van der Waals surface area contributed by atoms with E-state index in [1.54, 1.807) is 0 Å². The van der Waals surface area contributed by atoms with Crippen molar-refractivity contribution in [3.8, 4) is 0 Å². The molecule has 2 aromatic carbocycles. The summed E-state index contributed by atoms with van der Waals surface area (Å²) >= 11 is 5.53. The third-order valence-electron chi connectivity index (χ3n) is 4.59. The molecule has 1 heterocycles. The highest BCUT2D eigenvalue weighted by molar-refractivity contribution is 7.80. The lowest BCUT2D eigenvalue weighted by Gasteiger charge is -2.35.